The SMILES string of the molecule is CCNC(=O)c1cccc(NC(=O)C(C)c2ccc(CC(C)C)cc2)c1. The zero-order valence-corrected chi connectivity index (χ0v) is 16.0. The third kappa shape index (κ3) is 5.45. The summed E-state index contributed by atoms with van der Waals surface area (Å²) in [7, 11) is 0. The average molecular weight is 352 g/mol. The molecule has 4 heteroatoms. The molecule has 0 saturated heterocycles. The molecule has 0 aliphatic rings. The molecule has 0 radical (unpaired) electrons. The van der Waals surface area contributed by atoms with Crippen LogP contribution in [0.15, 0.2) is 48.5 Å². The first-order valence-corrected chi connectivity index (χ1v) is 9.18. The van der Waals surface area contributed by atoms with Gasteiger partial charge in [0.25, 0.3) is 5.91 Å². The summed E-state index contributed by atoms with van der Waals surface area (Å²) < 4.78 is 0. The predicted octanol–water partition coefficient (Wildman–Crippen LogP) is 4.38. The van der Waals surface area contributed by atoms with E-state index in [1.165, 1.54) is 5.56 Å². The Morgan fingerprint density at radius 2 is 1.69 bits per heavy atom. The fourth-order valence-corrected chi connectivity index (χ4v) is 2.82. The van der Waals surface area contributed by atoms with Crippen LogP contribution in [0.2, 0.25) is 0 Å². The van der Waals surface area contributed by atoms with Crippen molar-refractivity contribution in [3.63, 3.8) is 0 Å². The van der Waals surface area contributed by atoms with Crippen molar-refractivity contribution in [2.75, 3.05) is 11.9 Å². The zero-order valence-electron chi connectivity index (χ0n) is 16.0. The molecule has 2 aromatic rings. The van der Waals surface area contributed by atoms with Crippen molar-refractivity contribution in [2.24, 2.45) is 5.92 Å². The molecule has 4 nitrogen and oxygen atoms in total. The van der Waals surface area contributed by atoms with Crippen LogP contribution in [0.4, 0.5) is 5.69 Å². The first kappa shape index (κ1) is 19.7. The number of benzene rings is 2. The lowest BCUT2D eigenvalue weighted by molar-refractivity contribution is -0.117. The van der Waals surface area contributed by atoms with Gasteiger partial charge < -0.3 is 10.6 Å². The van der Waals surface area contributed by atoms with Crippen LogP contribution in [-0.2, 0) is 11.2 Å². The summed E-state index contributed by atoms with van der Waals surface area (Å²) in [4.78, 5) is 24.5. The Labute approximate surface area is 156 Å². The second kappa shape index (κ2) is 9.18. The van der Waals surface area contributed by atoms with Gasteiger partial charge in [0, 0.05) is 17.8 Å². The van der Waals surface area contributed by atoms with Crippen LogP contribution in [0.1, 0.15) is 55.1 Å². The highest BCUT2D eigenvalue weighted by Crippen LogP contribution is 2.20. The van der Waals surface area contributed by atoms with Gasteiger partial charge in [-0.2, -0.15) is 0 Å². The predicted molar refractivity (Wildman–Crippen MR) is 106 cm³/mol. The van der Waals surface area contributed by atoms with Gasteiger partial charge in [-0.05, 0) is 55.5 Å². The number of nitrogens with one attached hydrogen (secondary N) is 2. The Morgan fingerprint density at radius 1 is 1.00 bits per heavy atom. The minimum absolute atomic E-state index is 0.0883. The highest BCUT2D eigenvalue weighted by molar-refractivity contribution is 5.98. The number of carbonyl (C=O) groups excluding carboxylic acids is 2. The van der Waals surface area contributed by atoms with E-state index in [0.717, 1.165) is 12.0 Å². The van der Waals surface area contributed by atoms with E-state index in [1.807, 2.05) is 26.0 Å². The van der Waals surface area contributed by atoms with E-state index >= 15 is 0 Å². The lowest BCUT2D eigenvalue weighted by Gasteiger charge is -2.14. The highest BCUT2D eigenvalue weighted by Gasteiger charge is 2.16. The molecule has 0 fully saturated rings. The first-order valence-electron chi connectivity index (χ1n) is 9.18. The van der Waals surface area contributed by atoms with Crippen LogP contribution >= 0.6 is 0 Å². The van der Waals surface area contributed by atoms with Gasteiger partial charge in [-0.15, -0.1) is 0 Å². The molecule has 2 N–H and O–H groups in total. The molecule has 0 aromatic heterocycles. The highest BCUT2D eigenvalue weighted by atomic mass is 16.2. The molecule has 0 heterocycles. The molecule has 0 saturated carbocycles. The fraction of sp³-hybridized carbons (Fsp3) is 0.364. The third-order valence-electron chi connectivity index (χ3n) is 4.25. The molecular weight excluding hydrogens is 324 g/mol. The van der Waals surface area contributed by atoms with Crippen molar-refractivity contribution in [3.8, 4) is 0 Å². The molecule has 0 aliphatic heterocycles. The Bertz CT molecular complexity index is 751. The summed E-state index contributed by atoms with van der Waals surface area (Å²) >= 11 is 0. The Morgan fingerprint density at radius 3 is 2.31 bits per heavy atom. The largest absolute Gasteiger partial charge is 0.352 e. The summed E-state index contributed by atoms with van der Waals surface area (Å²) in [5.41, 5.74) is 3.43. The number of anilines is 1. The summed E-state index contributed by atoms with van der Waals surface area (Å²) in [6.07, 6.45) is 1.04. The second-order valence-corrected chi connectivity index (χ2v) is 6.99. The molecule has 0 aliphatic carbocycles. The van der Waals surface area contributed by atoms with Crippen LogP contribution in [0, 0.1) is 5.92 Å². The fourth-order valence-electron chi connectivity index (χ4n) is 2.82. The number of amides is 2. The molecule has 1 atom stereocenters. The third-order valence-corrected chi connectivity index (χ3v) is 4.25. The van der Waals surface area contributed by atoms with Crippen molar-refractivity contribution in [1.82, 2.24) is 5.32 Å². The summed E-state index contributed by atoms with van der Waals surface area (Å²) in [6.45, 7) is 8.72. The van der Waals surface area contributed by atoms with E-state index in [9.17, 15) is 9.59 Å². The first-order chi connectivity index (χ1) is 12.4. The van der Waals surface area contributed by atoms with Crippen LogP contribution in [0.3, 0.4) is 0 Å². The Kier molecular flexibility index (Phi) is 6.96. The molecule has 138 valence electrons. The summed E-state index contributed by atoms with van der Waals surface area (Å²) in [5.74, 6) is 0.113. The number of hydrogen-bond acceptors (Lipinski definition) is 2. The second-order valence-electron chi connectivity index (χ2n) is 6.99. The Hall–Kier alpha value is -2.62. The van der Waals surface area contributed by atoms with Crippen LogP contribution in [0.5, 0.6) is 0 Å². The quantitative estimate of drug-likeness (QED) is 0.777. The van der Waals surface area contributed by atoms with Gasteiger partial charge in [-0.3, -0.25) is 9.59 Å². The maximum absolute atomic E-state index is 12.6. The van der Waals surface area contributed by atoms with Crippen molar-refractivity contribution in [3.05, 3.63) is 65.2 Å². The van der Waals surface area contributed by atoms with Crippen LogP contribution in [-0.4, -0.2) is 18.4 Å². The van der Waals surface area contributed by atoms with Crippen molar-refractivity contribution < 1.29 is 9.59 Å². The number of carbonyl (C=O) groups is 2. The normalized spacial score (nSPS) is 11.9. The Balaban J connectivity index is 2.05. The van der Waals surface area contributed by atoms with Gasteiger partial charge in [0.2, 0.25) is 5.91 Å². The van der Waals surface area contributed by atoms with Gasteiger partial charge in [0.05, 0.1) is 5.92 Å². The van der Waals surface area contributed by atoms with Gasteiger partial charge >= 0.3 is 0 Å². The topological polar surface area (TPSA) is 58.2 Å². The molecular formula is C22H28N2O2. The lowest BCUT2D eigenvalue weighted by Crippen LogP contribution is -2.23. The molecule has 26 heavy (non-hydrogen) atoms. The van der Waals surface area contributed by atoms with Gasteiger partial charge in [0.1, 0.15) is 0 Å². The van der Waals surface area contributed by atoms with E-state index in [2.05, 4.69) is 36.6 Å². The molecule has 1 unspecified atom stereocenters. The van der Waals surface area contributed by atoms with Crippen molar-refractivity contribution in [1.29, 1.82) is 0 Å². The maximum Gasteiger partial charge on any atom is 0.251 e. The zero-order chi connectivity index (χ0) is 19.1. The van der Waals surface area contributed by atoms with Gasteiger partial charge in [-0.25, -0.2) is 0 Å². The van der Waals surface area contributed by atoms with E-state index in [0.29, 0.717) is 23.7 Å². The minimum atomic E-state index is -0.267. The van der Waals surface area contributed by atoms with E-state index < -0.39 is 0 Å². The van der Waals surface area contributed by atoms with Crippen LogP contribution < -0.4 is 10.6 Å². The average Bonchev–Trinajstić information content (AvgIpc) is 2.61. The van der Waals surface area contributed by atoms with Crippen molar-refractivity contribution in [2.45, 2.75) is 40.0 Å². The van der Waals surface area contributed by atoms with E-state index in [1.54, 1.807) is 24.3 Å². The molecule has 2 rings (SSSR count). The molecule has 0 spiro atoms. The number of rotatable bonds is 7. The molecule has 2 aromatic carbocycles. The molecule has 2 amide bonds. The van der Waals surface area contributed by atoms with Gasteiger partial charge in [-0.1, -0.05) is 44.2 Å². The summed E-state index contributed by atoms with van der Waals surface area (Å²) in [6, 6.07) is 15.2. The van der Waals surface area contributed by atoms with Gasteiger partial charge in [0.15, 0.2) is 0 Å². The molecule has 0 bridgehead atoms. The minimum Gasteiger partial charge on any atom is -0.352 e. The lowest BCUT2D eigenvalue weighted by atomic mass is 9.96. The summed E-state index contributed by atoms with van der Waals surface area (Å²) in [5, 5.41) is 5.66. The van der Waals surface area contributed by atoms with E-state index in [4.69, 9.17) is 0 Å². The standard InChI is InChI=1S/C22H28N2O2/c1-5-23-22(26)19-7-6-8-20(14-19)24-21(25)16(4)18-11-9-17(10-12-18)13-15(2)3/h6-12,14-16H,5,13H2,1-4H3,(H,23,26)(H,24,25). The smallest absolute Gasteiger partial charge is 0.251 e. The van der Waals surface area contributed by atoms with E-state index in [-0.39, 0.29) is 17.7 Å². The maximum atomic E-state index is 12.6. The monoisotopic (exact) mass is 352 g/mol. The van der Waals surface area contributed by atoms with Crippen LogP contribution in [0.25, 0.3) is 0 Å². The van der Waals surface area contributed by atoms with Crippen molar-refractivity contribution >= 4 is 17.5 Å². The number of hydrogen-bond donors (Lipinski definition) is 2.